The minimum Gasteiger partial charge on any atom is -0.444 e. The van der Waals surface area contributed by atoms with E-state index in [2.05, 4.69) is 10.1 Å². The number of likely N-dealkylation sites (tertiary alicyclic amines) is 1. The normalized spacial score (nSPS) is 24.0. The number of carbonyl (C=O) groups is 2. The van der Waals surface area contributed by atoms with Gasteiger partial charge in [-0.15, -0.1) is 11.3 Å². The molecule has 0 N–H and O–H groups in total. The van der Waals surface area contributed by atoms with Crippen LogP contribution in [0.5, 0.6) is 0 Å². The maximum atomic E-state index is 12.8. The van der Waals surface area contributed by atoms with Crippen molar-refractivity contribution in [3.05, 3.63) is 16.6 Å². The average Bonchev–Trinajstić information content (AvgIpc) is 3.06. The molecule has 0 aromatic carbocycles. The van der Waals surface area contributed by atoms with E-state index in [-0.39, 0.29) is 18.5 Å². The van der Waals surface area contributed by atoms with Gasteiger partial charge in [-0.1, -0.05) is 0 Å². The Labute approximate surface area is 145 Å². The zero-order valence-electron chi connectivity index (χ0n) is 14.4. The first kappa shape index (κ1) is 16.9. The van der Waals surface area contributed by atoms with Gasteiger partial charge in [0.25, 0.3) is 5.91 Å². The fraction of sp³-hybridized carbons (Fsp3) is 0.625. The molecule has 1 fully saturated rings. The molecule has 1 unspecified atom stereocenters. The van der Waals surface area contributed by atoms with Gasteiger partial charge in [0.1, 0.15) is 11.0 Å². The van der Waals surface area contributed by atoms with Gasteiger partial charge >= 0.3 is 6.09 Å². The van der Waals surface area contributed by atoms with E-state index in [0.717, 1.165) is 11.4 Å². The molecule has 2 aliphatic heterocycles. The maximum absolute atomic E-state index is 12.8. The second-order valence-corrected chi connectivity index (χ2v) is 7.98. The van der Waals surface area contributed by atoms with Crippen LogP contribution < -0.4 is 0 Å². The second kappa shape index (κ2) is 5.84. The van der Waals surface area contributed by atoms with E-state index in [1.54, 1.807) is 17.5 Å². The molecule has 0 spiro atoms. The highest BCUT2D eigenvalue weighted by atomic mass is 32.1. The smallest absolute Gasteiger partial charge is 0.410 e. The van der Waals surface area contributed by atoms with E-state index >= 15 is 0 Å². The van der Waals surface area contributed by atoms with Crippen LogP contribution in [0.1, 0.15) is 32.9 Å². The number of carbonyl (C=O) groups excluding carboxylic acids is 2. The Morgan fingerprint density at radius 2 is 2.21 bits per heavy atom. The zero-order chi connectivity index (χ0) is 17.5. The van der Waals surface area contributed by atoms with E-state index in [4.69, 9.17) is 4.74 Å². The van der Waals surface area contributed by atoms with Crippen molar-refractivity contribution < 1.29 is 14.3 Å². The predicted molar refractivity (Wildman–Crippen MR) is 90.9 cm³/mol. The number of fused-ring (bicyclic) bond motifs is 1. The zero-order valence-corrected chi connectivity index (χ0v) is 15.2. The van der Waals surface area contributed by atoms with Crippen molar-refractivity contribution in [1.82, 2.24) is 14.9 Å². The summed E-state index contributed by atoms with van der Waals surface area (Å²) in [7, 11) is 1.66. The molecule has 3 heterocycles. The summed E-state index contributed by atoms with van der Waals surface area (Å²) in [6, 6.07) is 0. The standard InChI is InChI=1S/C16H22N4O3S/c1-15(2,3)23-14(22)20-6-5-12-16(9-20,13(21)19(4)18-12)7-11-8-24-10-17-11/h8,10H,5-7,9H2,1-4H3. The van der Waals surface area contributed by atoms with Crippen LogP contribution in [-0.2, 0) is 16.0 Å². The lowest BCUT2D eigenvalue weighted by Gasteiger charge is -2.39. The molecule has 2 amide bonds. The number of ether oxygens (including phenoxy) is 1. The lowest BCUT2D eigenvalue weighted by atomic mass is 9.74. The fourth-order valence-electron chi connectivity index (χ4n) is 3.20. The van der Waals surface area contributed by atoms with E-state index in [1.807, 2.05) is 26.2 Å². The van der Waals surface area contributed by atoms with Crippen LogP contribution in [0.2, 0.25) is 0 Å². The van der Waals surface area contributed by atoms with Crippen molar-refractivity contribution in [2.75, 3.05) is 20.1 Å². The largest absolute Gasteiger partial charge is 0.444 e. The van der Waals surface area contributed by atoms with Crippen LogP contribution >= 0.6 is 11.3 Å². The lowest BCUT2D eigenvalue weighted by molar-refractivity contribution is -0.135. The fourth-order valence-corrected chi connectivity index (χ4v) is 3.76. The number of nitrogens with zero attached hydrogens (tertiary/aromatic N) is 4. The monoisotopic (exact) mass is 350 g/mol. The summed E-state index contributed by atoms with van der Waals surface area (Å²) in [6.45, 7) is 6.29. The van der Waals surface area contributed by atoms with Crippen LogP contribution in [0.3, 0.4) is 0 Å². The maximum Gasteiger partial charge on any atom is 0.410 e. The molecule has 3 rings (SSSR count). The quantitative estimate of drug-likeness (QED) is 0.819. The molecule has 1 saturated heterocycles. The van der Waals surface area contributed by atoms with Gasteiger partial charge in [0.05, 0.1) is 16.9 Å². The molecule has 1 atom stereocenters. The Morgan fingerprint density at radius 3 is 2.83 bits per heavy atom. The Kier molecular flexibility index (Phi) is 4.11. The van der Waals surface area contributed by atoms with Crippen molar-refractivity contribution in [3.8, 4) is 0 Å². The number of piperidine rings is 1. The van der Waals surface area contributed by atoms with Crippen LogP contribution in [0.25, 0.3) is 0 Å². The Bertz CT molecular complexity index is 680. The molecule has 7 nitrogen and oxygen atoms in total. The van der Waals surface area contributed by atoms with Gasteiger partial charge in [0, 0.05) is 38.4 Å². The second-order valence-electron chi connectivity index (χ2n) is 7.27. The third-order valence-corrected chi connectivity index (χ3v) is 4.86. The van der Waals surface area contributed by atoms with Crippen LogP contribution in [-0.4, -0.2) is 58.3 Å². The third kappa shape index (κ3) is 3.02. The van der Waals surface area contributed by atoms with Crippen LogP contribution in [0, 0.1) is 5.41 Å². The summed E-state index contributed by atoms with van der Waals surface area (Å²) in [6.07, 6.45) is 0.638. The molecule has 2 aliphatic rings. The van der Waals surface area contributed by atoms with Crippen LogP contribution in [0.4, 0.5) is 4.79 Å². The SMILES string of the molecule is CN1N=C2CCN(C(=O)OC(C)(C)C)CC2(Cc2cscn2)C1=O. The Hall–Kier alpha value is -1.96. The summed E-state index contributed by atoms with van der Waals surface area (Å²) in [5.41, 5.74) is 2.05. The Morgan fingerprint density at radius 1 is 1.46 bits per heavy atom. The van der Waals surface area contributed by atoms with Gasteiger partial charge < -0.3 is 9.64 Å². The number of hydrogen-bond acceptors (Lipinski definition) is 6. The molecule has 24 heavy (non-hydrogen) atoms. The topological polar surface area (TPSA) is 75.1 Å². The summed E-state index contributed by atoms with van der Waals surface area (Å²) >= 11 is 1.49. The molecular weight excluding hydrogens is 328 g/mol. The molecule has 0 saturated carbocycles. The number of amides is 2. The van der Waals surface area contributed by atoms with Crippen molar-refractivity contribution in [2.45, 2.75) is 39.2 Å². The average molecular weight is 350 g/mol. The number of thiazole rings is 1. The summed E-state index contributed by atoms with van der Waals surface area (Å²) in [4.78, 5) is 31.2. The minimum atomic E-state index is -0.821. The first-order valence-electron chi connectivity index (χ1n) is 7.92. The van der Waals surface area contributed by atoms with E-state index in [9.17, 15) is 9.59 Å². The summed E-state index contributed by atoms with van der Waals surface area (Å²) in [5, 5.41) is 7.73. The van der Waals surface area contributed by atoms with Gasteiger partial charge in [-0.05, 0) is 20.8 Å². The third-order valence-electron chi connectivity index (χ3n) is 4.22. The van der Waals surface area contributed by atoms with Gasteiger partial charge in [-0.3, -0.25) is 4.79 Å². The van der Waals surface area contributed by atoms with Gasteiger partial charge in [0.15, 0.2) is 0 Å². The highest BCUT2D eigenvalue weighted by molar-refractivity contribution is 7.07. The number of hydrogen-bond donors (Lipinski definition) is 0. The highest BCUT2D eigenvalue weighted by Gasteiger charge is 2.54. The number of hydrazone groups is 1. The predicted octanol–water partition coefficient (Wildman–Crippen LogP) is 2.14. The van der Waals surface area contributed by atoms with E-state index < -0.39 is 11.0 Å². The molecular formula is C16H22N4O3S. The molecule has 0 bridgehead atoms. The van der Waals surface area contributed by atoms with Gasteiger partial charge in [0.2, 0.25) is 0 Å². The van der Waals surface area contributed by atoms with Crippen molar-refractivity contribution >= 4 is 29.0 Å². The van der Waals surface area contributed by atoms with Crippen molar-refractivity contribution in [3.63, 3.8) is 0 Å². The first-order valence-corrected chi connectivity index (χ1v) is 8.87. The van der Waals surface area contributed by atoms with Gasteiger partial charge in [-0.2, -0.15) is 5.10 Å². The summed E-state index contributed by atoms with van der Waals surface area (Å²) < 4.78 is 5.48. The lowest BCUT2D eigenvalue weighted by Crippen LogP contribution is -2.56. The molecule has 8 heteroatoms. The van der Waals surface area contributed by atoms with E-state index in [1.165, 1.54) is 16.3 Å². The minimum absolute atomic E-state index is 0.0845. The molecule has 0 aliphatic carbocycles. The first-order chi connectivity index (χ1) is 11.2. The highest BCUT2D eigenvalue weighted by Crippen LogP contribution is 2.38. The number of aromatic nitrogens is 1. The molecule has 130 valence electrons. The van der Waals surface area contributed by atoms with Crippen molar-refractivity contribution in [1.29, 1.82) is 0 Å². The van der Waals surface area contributed by atoms with Crippen LogP contribution in [0.15, 0.2) is 16.0 Å². The van der Waals surface area contributed by atoms with Gasteiger partial charge in [-0.25, -0.2) is 14.8 Å². The molecule has 1 aromatic heterocycles. The molecule has 0 radical (unpaired) electrons. The van der Waals surface area contributed by atoms with Crippen molar-refractivity contribution in [2.24, 2.45) is 10.5 Å². The van der Waals surface area contributed by atoms with E-state index in [0.29, 0.717) is 19.4 Å². The summed E-state index contributed by atoms with van der Waals surface area (Å²) in [5.74, 6) is -0.0845. The number of rotatable bonds is 2. The molecule has 1 aromatic rings. The Balaban J connectivity index is 1.87.